The second-order valence-electron chi connectivity index (χ2n) is 7.68. The van der Waals surface area contributed by atoms with E-state index in [0.717, 1.165) is 40.5 Å². The van der Waals surface area contributed by atoms with Crippen molar-refractivity contribution in [3.8, 4) is 0 Å². The van der Waals surface area contributed by atoms with Gasteiger partial charge in [-0.25, -0.2) is 14.8 Å². The van der Waals surface area contributed by atoms with Crippen molar-refractivity contribution < 1.29 is 14.3 Å². The van der Waals surface area contributed by atoms with Gasteiger partial charge >= 0.3 is 5.97 Å². The van der Waals surface area contributed by atoms with Gasteiger partial charge in [0.1, 0.15) is 21.3 Å². The van der Waals surface area contributed by atoms with Crippen LogP contribution in [0.25, 0.3) is 10.2 Å². The van der Waals surface area contributed by atoms with Gasteiger partial charge in [0.2, 0.25) is 0 Å². The Morgan fingerprint density at radius 3 is 2.61 bits per heavy atom. The summed E-state index contributed by atoms with van der Waals surface area (Å²) in [7, 11) is 0. The number of morpholine rings is 1. The molecule has 2 aromatic heterocycles. The summed E-state index contributed by atoms with van der Waals surface area (Å²) < 4.78 is 11.2. The van der Waals surface area contributed by atoms with Crippen molar-refractivity contribution >= 4 is 45.1 Å². The van der Waals surface area contributed by atoms with E-state index >= 15 is 0 Å². The second kappa shape index (κ2) is 9.54. The van der Waals surface area contributed by atoms with Gasteiger partial charge in [0, 0.05) is 18.0 Å². The summed E-state index contributed by atoms with van der Waals surface area (Å²) in [6.45, 7) is 9.81. The predicted molar refractivity (Wildman–Crippen MR) is 126 cm³/mol. The number of ether oxygens (including phenoxy) is 2. The van der Waals surface area contributed by atoms with Crippen LogP contribution in [0.15, 0.2) is 35.2 Å². The average Bonchev–Trinajstić information content (AvgIpc) is 3.08. The van der Waals surface area contributed by atoms with Gasteiger partial charge in [-0.2, -0.15) is 0 Å². The zero-order chi connectivity index (χ0) is 22.0. The zero-order valence-corrected chi connectivity index (χ0v) is 19.9. The molecule has 31 heavy (non-hydrogen) atoms. The number of thioether (sulfide) groups is 1. The third-order valence-electron chi connectivity index (χ3n) is 5.11. The molecule has 1 fully saturated rings. The van der Waals surface area contributed by atoms with Gasteiger partial charge in [-0.1, -0.05) is 18.2 Å². The first kappa shape index (κ1) is 22.0. The lowest BCUT2D eigenvalue weighted by Crippen LogP contribution is -2.46. The first-order valence-electron chi connectivity index (χ1n) is 10.5. The fourth-order valence-corrected chi connectivity index (χ4v) is 5.72. The summed E-state index contributed by atoms with van der Waals surface area (Å²) in [6, 6.07) is 10.2. The molecular weight excluding hydrogens is 430 g/mol. The smallest absolute Gasteiger partial charge is 0.348 e. The van der Waals surface area contributed by atoms with Crippen LogP contribution < -0.4 is 4.90 Å². The maximum absolute atomic E-state index is 12.5. The molecule has 2 unspecified atom stereocenters. The predicted octanol–water partition coefficient (Wildman–Crippen LogP) is 5.08. The lowest BCUT2D eigenvalue weighted by atomic mass is 10.1. The molecule has 0 bridgehead atoms. The molecule has 1 aliphatic rings. The Bertz CT molecular complexity index is 1060. The lowest BCUT2D eigenvalue weighted by Gasteiger charge is -2.36. The van der Waals surface area contributed by atoms with Crippen LogP contribution in [0.2, 0.25) is 0 Å². The molecule has 2 atom stereocenters. The molecule has 0 radical (unpaired) electrons. The normalized spacial score (nSPS) is 19.0. The number of aromatic nitrogens is 2. The maximum Gasteiger partial charge on any atom is 0.348 e. The fraction of sp³-hybridized carbons (Fsp3) is 0.435. The van der Waals surface area contributed by atoms with Gasteiger partial charge in [0.05, 0.1) is 30.0 Å². The summed E-state index contributed by atoms with van der Waals surface area (Å²) >= 11 is 3.10. The van der Waals surface area contributed by atoms with E-state index in [1.54, 1.807) is 11.8 Å². The number of carbonyl (C=O) groups is 1. The van der Waals surface area contributed by atoms with Crippen molar-refractivity contribution in [2.24, 2.45) is 0 Å². The quantitative estimate of drug-likeness (QED) is 0.378. The number of thiophene rings is 1. The molecule has 1 aromatic carbocycles. The molecule has 4 rings (SSSR count). The molecule has 1 aliphatic heterocycles. The van der Waals surface area contributed by atoms with Crippen LogP contribution >= 0.6 is 23.1 Å². The monoisotopic (exact) mass is 457 g/mol. The lowest BCUT2D eigenvalue weighted by molar-refractivity contribution is -0.00539. The van der Waals surface area contributed by atoms with E-state index in [-0.39, 0.29) is 18.2 Å². The summed E-state index contributed by atoms with van der Waals surface area (Å²) in [5.74, 6) is 2.02. The number of nitrogens with zero attached hydrogens (tertiary/aromatic N) is 3. The van der Waals surface area contributed by atoms with Crippen LogP contribution in [0.3, 0.4) is 0 Å². The van der Waals surface area contributed by atoms with Crippen LogP contribution in [-0.4, -0.2) is 47.8 Å². The SMILES string of the molecule is CCOC(=O)c1sc2nc(CSc3ccccc3)nc(N3CC(C)OC(C)C3)c2c1C. The Morgan fingerprint density at radius 2 is 1.94 bits per heavy atom. The number of esters is 1. The maximum atomic E-state index is 12.5. The fourth-order valence-electron chi connectivity index (χ4n) is 3.86. The molecule has 0 saturated carbocycles. The summed E-state index contributed by atoms with van der Waals surface area (Å²) in [5, 5.41) is 0.947. The van der Waals surface area contributed by atoms with Crippen molar-refractivity contribution in [2.75, 3.05) is 24.6 Å². The molecule has 0 aliphatic carbocycles. The van der Waals surface area contributed by atoms with E-state index in [0.29, 0.717) is 17.2 Å². The largest absolute Gasteiger partial charge is 0.462 e. The number of aryl methyl sites for hydroxylation is 1. The third kappa shape index (κ3) is 4.86. The molecule has 164 valence electrons. The van der Waals surface area contributed by atoms with Gasteiger partial charge in [-0.15, -0.1) is 23.1 Å². The highest BCUT2D eigenvalue weighted by Crippen LogP contribution is 2.37. The van der Waals surface area contributed by atoms with Gasteiger partial charge in [0.15, 0.2) is 0 Å². The summed E-state index contributed by atoms with van der Waals surface area (Å²) in [6.07, 6.45) is 0.221. The summed E-state index contributed by atoms with van der Waals surface area (Å²) in [4.78, 5) is 27.2. The molecule has 0 N–H and O–H groups in total. The van der Waals surface area contributed by atoms with Crippen LogP contribution in [-0.2, 0) is 15.2 Å². The number of anilines is 1. The molecule has 6 nitrogen and oxygen atoms in total. The third-order valence-corrected chi connectivity index (χ3v) is 7.28. The second-order valence-corrected chi connectivity index (χ2v) is 9.73. The van der Waals surface area contributed by atoms with Crippen molar-refractivity contribution in [3.63, 3.8) is 0 Å². The van der Waals surface area contributed by atoms with Crippen LogP contribution in [0.1, 0.15) is 41.8 Å². The minimum Gasteiger partial charge on any atom is -0.462 e. The Hall–Kier alpha value is -2.16. The molecule has 1 saturated heterocycles. The highest BCUT2D eigenvalue weighted by atomic mass is 32.2. The van der Waals surface area contributed by atoms with Crippen LogP contribution in [0, 0.1) is 6.92 Å². The number of hydrogen-bond donors (Lipinski definition) is 0. The van der Waals surface area contributed by atoms with E-state index < -0.39 is 0 Å². The van der Waals surface area contributed by atoms with E-state index in [9.17, 15) is 4.79 Å². The van der Waals surface area contributed by atoms with Crippen LogP contribution in [0.4, 0.5) is 5.82 Å². The molecule has 3 aromatic rings. The first-order valence-corrected chi connectivity index (χ1v) is 12.3. The van der Waals surface area contributed by atoms with Crippen molar-refractivity contribution in [1.29, 1.82) is 0 Å². The number of carbonyl (C=O) groups excluding carboxylic acids is 1. The van der Waals surface area contributed by atoms with Gasteiger partial charge in [0.25, 0.3) is 0 Å². The highest BCUT2D eigenvalue weighted by Gasteiger charge is 2.28. The number of rotatable bonds is 6. The number of fused-ring (bicyclic) bond motifs is 1. The van der Waals surface area contributed by atoms with E-state index in [1.807, 2.05) is 32.0 Å². The molecular formula is C23H27N3O3S2. The molecule has 0 spiro atoms. The summed E-state index contributed by atoms with van der Waals surface area (Å²) in [5.41, 5.74) is 0.891. The average molecular weight is 458 g/mol. The number of hydrogen-bond acceptors (Lipinski definition) is 8. The van der Waals surface area contributed by atoms with Crippen molar-refractivity contribution in [3.05, 3.63) is 46.6 Å². The number of benzene rings is 1. The Balaban J connectivity index is 1.76. The van der Waals surface area contributed by atoms with Gasteiger partial charge < -0.3 is 14.4 Å². The topological polar surface area (TPSA) is 64.5 Å². The Labute approximate surface area is 191 Å². The molecule has 8 heteroatoms. The minimum absolute atomic E-state index is 0.111. The van der Waals surface area contributed by atoms with Crippen molar-refractivity contribution in [1.82, 2.24) is 9.97 Å². The van der Waals surface area contributed by atoms with Crippen LogP contribution in [0.5, 0.6) is 0 Å². The first-order chi connectivity index (χ1) is 15.0. The molecule has 0 amide bonds. The Kier molecular flexibility index (Phi) is 6.79. The van der Waals surface area contributed by atoms with E-state index in [4.69, 9.17) is 19.4 Å². The van der Waals surface area contributed by atoms with Gasteiger partial charge in [-0.05, 0) is 45.4 Å². The molecule has 3 heterocycles. The van der Waals surface area contributed by atoms with Gasteiger partial charge in [-0.3, -0.25) is 0 Å². The van der Waals surface area contributed by atoms with E-state index in [2.05, 4.69) is 30.9 Å². The van der Waals surface area contributed by atoms with E-state index in [1.165, 1.54) is 16.2 Å². The highest BCUT2D eigenvalue weighted by molar-refractivity contribution is 7.98. The van der Waals surface area contributed by atoms with Crippen molar-refractivity contribution in [2.45, 2.75) is 50.6 Å². The minimum atomic E-state index is -0.294. The standard InChI is InChI=1S/C23H27N3O3S2/c1-5-28-23(27)20-16(4)19-21(26-11-14(2)29-15(3)12-26)24-18(25-22(19)31-20)13-30-17-9-7-6-8-10-17/h6-10,14-15H,5,11-13H2,1-4H3. The Morgan fingerprint density at radius 1 is 1.23 bits per heavy atom. The zero-order valence-electron chi connectivity index (χ0n) is 18.3.